The number of rotatable bonds is 8. The zero-order valence-corrected chi connectivity index (χ0v) is 15.0. The molecule has 2 N–H and O–H groups in total. The fraction of sp³-hybridized carbons (Fsp3) is 0.471. The van der Waals surface area contributed by atoms with Crippen molar-refractivity contribution in [1.82, 2.24) is 10.2 Å². The number of carbonyl (C=O) groups is 3. The molecule has 7 nitrogen and oxygen atoms in total. The van der Waals surface area contributed by atoms with Crippen molar-refractivity contribution in [2.45, 2.75) is 39.1 Å². The molecule has 1 aromatic rings. The van der Waals surface area contributed by atoms with Gasteiger partial charge < -0.3 is 20.1 Å². The van der Waals surface area contributed by atoms with Gasteiger partial charge in [0.15, 0.2) is 6.10 Å². The van der Waals surface area contributed by atoms with Crippen LogP contribution in [0, 0.1) is 0 Å². The van der Waals surface area contributed by atoms with Crippen molar-refractivity contribution in [3.63, 3.8) is 0 Å². The number of carbonyl (C=O) groups excluding carboxylic acids is 2. The molecule has 0 heterocycles. The summed E-state index contributed by atoms with van der Waals surface area (Å²) in [5.41, 5.74) is -1.04. The minimum Gasteiger partial charge on any atom is -0.480 e. The highest BCUT2D eigenvalue weighted by molar-refractivity contribution is 5.86. The van der Waals surface area contributed by atoms with Crippen LogP contribution in [0.15, 0.2) is 24.3 Å². The maximum Gasteiger partial charge on any atom is 0.419 e. The lowest BCUT2D eigenvalue weighted by atomic mass is 10.2. The molecule has 27 heavy (non-hydrogen) atoms. The number of amides is 2. The Morgan fingerprint density at radius 2 is 1.81 bits per heavy atom. The minimum absolute atomic E-state index is 0.00937. The van der Waals surface area contributed by atoms with E-state index in [1.165, 1.54) is 32.9 Å². The summed E-state index contributed by atoms with van der Waals surface area (Å²) in [7, 11) is 0. The SMILES string of the molecule is CC(=O)NCCN(C(=O)C(C)Oc1ccccc1C(F)(F)F)C(C)C(=O)O. The molecule has 0 aliphatic rings. The Morgan fingerprint density at radius 3 is 2.33 bits per heavy atom. The van der Waals surface area contributed by atoms with Gasteiger partial charge in [-0.2, -0.15) is 13.2 Å². The van der Waals surface area contributed by atoms with Gasteiger partial charge in [-0.25, -0.2) is 4.79 Å². The van der Waals surface area contributed by atoms with Crippen LogP contribution in [-0.4, -0.2) is 53.0 Å². The van der Waals surface area contributed by atoms with Crippen molar-refractivity contribution in [2.75, 3.05) is 13.1 Å². The second-order valence-corrected chi connectivity index (χ2v) is 5.78. The molecule has 0 aromatic heterocycles. The molecule has 0 fully saturated rings. The molecule has 2 atom stereocenters. The van der Waals surface area contributed by atoms with Crippen LogP contribution in [0.25, 0.3) is 0 Å². The molecule has 2 amide bonds. The standard InChI is InChI=1S/C17H21F3N2O5/c1-10(16(25)26)22(9-8-21-12(3)23)15(24)11(2)27-14-7-5-4-6-13(14)17(18,19)20/h4-7,10-11H,8-9H2,1-3H3,(H,21,23)(H,25,26). The highest BCUT2D eigenvalue weighted by Crippen LogP contribution is 2.36. The van der Waals surface area contributed by atoms with Crippen LogP contribution in [0.1, 0.15) is 26.3 Å². The molecule has 0 aliphatic heterocycles. The van der Waals surface area contributed by atoms with Crippen molar-refractivity contribution >= 4 is 17.8 Å². The van der Waals surface area contributed by atoms with Gasteiger partial charge in [0.1, 0.15) is 11.8 Å². The number of para-hydroxylation sites is 1. The van der Waals surface area contributed by atoms with Crippen molar-refractivity contribution in [1.29, 1.82) is 0 Å². The normalized spacial score (nSPS) is 13.4. The first-order valence-electron chi connectivity index (χ1n) is 8.05. The number of nitrogens with one attached hydrogen (secondary N) is 1. The minimum atomic E-state index is -4.67. The number of hydrogen-bond acceptors (Lipinski definition) is 4. The zero-order chi connectivity index (χ0) is 20.8. The van der Waals surface area contributed by atoms with E-state index >= 15 is 0 Å². The largest absolute Gasteiger partial charge is 0.480 e. The van der Waals surface area contributed by atoms with Gasteiger partial charge in [-0.15, -0.1) is 0 Å². The van der Waals surface area contributed by atoms with Crippen molar-refractivity contribution in [3.05, 3.63) is 29.8 Å². The first kappa shape index (κ1) is 22.3. The van der Waals surface area contributed by atoms with E-state index in [1.807, 2.05) is 0 Å². The van der Waals surface area contributed by atoms with Gasteiger partial charge in [0.2, 0.25) is 5.91 Å². The number of hydrogen-bond donors (Lipinski definition) is 2. The van der Waals surface area contributed by atoms with Gasteiger partial charge in [0.05, 0.1) is 5.56 Å². The van der Waals surface area contributed by atoms with E-state index < -0.39 is 41.5 Å². The Labute approximate surface area is 154 Å². The second kappa shape index (κ2) is 9.24. The topological polar surface area (TPSA) is 95.9 Å². The molecule has 1 rings (SSSR count). The summed E-state index contributed by atoms with van der Waals surface area (Å²) >= 11 is 0. The summed E-state index contributed by atoms with van der Waals surface area (Å²) in [5, 5.41) is 11.6. The Bertz CT molecular complexity index is 693. The van der Waals surface area contributed by atoms with E-state index in [0.29, 0.717) is 0 Å². The van der Waals surface area contributed by atoms with Crippen molar-refractivity contribution in [3.8, 4) is 5.75 Å². The van der Waals surface area contributed by atoms with Gasteiger partial charge in [0, 0.05) is 20.0 Å². The zero-order valence-electron chi connectivity index (χ0n) is 15.0. The summed E-state index contributed by atoms with van der Waals surface area (Å²) < 4.78 is 44.3. The number of ether oxygens (including phenoxy) is 1. The summed E-state index contributed by atoms with van der Waals surface area (Å²) in [5.74, 6) is -3.01. The molecule has 0 saturated heterocycles. The molecule has 150 valence electrons. The number of nitrogens with zero attached hydrogens (tertiary/aromatic N) is 1. The third-order valence-electron chi connectivity index (χ3n) is 3.68. The van der Waals surface area contributed by atoms with Crippen LogP contribution < -0.4 is 10.1 Å². The van der Waals surface area contributed by atoms with Gasteiger partial charge in [-0.1, -0.05) is 12.1 Å². The number of carboxylic acid groups (broad SMARTS) is 1. The molecule has 2 unspecified atom stereocenters. The highest BCUT2D eigenvalue weighted by atomic mass is 19.4. The molecular weight excluding hydrogens is 369 g/mol. The third-order valence-corrected chi connectivity index (χ3v) is 3.68. The first-order chi connectivity index (χ1) is 12.4. The molecule has 0 bridgehead atoms. The van der Waals surface area contributed by atoms with Crippen LogP contribution in [0.4, 0.5) is 13.2 Å². The smallest absolute Gasteiger partial charge is 0.419 e. The molecule has 0 radical (unpaired) electrons. The average molecular weight is 390 g/mol. The molecule has 0 aliphatic carbocycles. The van der Waals surface area contributed by atoms with Crippen LogP contribution in [0.5, 0.6) is 5.75 Å². The number of benzene rings is 1. The van der Waals surface area contributed by atoms with Crippen LogP contribution >= 0.6 is 0 Å². The number of halogens is 3. The van der Waals surface area contributed by atoms with Gasteiger partial charge >= 0.3 is 12.1 Å². The Morgan fingerprint density at radius 1 is 1.22 bits per heavy atom. The van der Waals surface area contributed by atoms with Crippen LogP contribution in [0.3, 0.4) is 0 Å². The highest BCUT2D eigenvalue weighted by Gasteiger charge is 2.36. The van der Waals surface area contributed by atoms with E-state index in [2.05, 4.69) is 5.32 Å². The molecule has 10 heteroatoms. The Kier molecular flexibility index (Phi) is 7.62. The lowest BCUT2D eigenvalue weighted by molar-refractivity contribution is -0.153. The fourth-order valence-corrected chi connectivity index (χ4v) is 2.26. The monoisotopic (exact) mass is 390 g/mol. The Balaban J connectivity index is 2.98. The molecule has 0 saturated carbocycles. The predicted molar refractivity (Wildman–Crippen MR) is 89.0 cm³/mol. The lowest BCUT2D eigenvalue weighted by Gasteiger charge is -2.29. The first-order valence-corrected chi connectivity index (χ1v) is 8.05. The maximum atomic E-state index is 13.0. The van der Waals surface area contributed by atoms with Crippen molar-refractivity contribution < 1.29 is 37.4 Å². The Hall–Kier alpha value is -2.78. The number of alkyl halides is 3. The van der Waals surface area contributed by atoms with E-state index in [1.54, 1.807) is 0 Å². The van der Waals surface area contributed by atoms with E-state index in [9.17, 15) is 27.6 Å². The summed E-state index contributed by atoms with van der Waals surface area (Å²) in [6, 6.07) is 3.16. The third kappa shape index (κ3) is 6.46. The van der Waals surface area contributed by atoms with E-state index in [-0.39, 0.29) is 19.0 Å². The summed E-state index contributed by atoms with van der Waals surface area (Å²) in [6.45, 7) is 3.59. The summed E-state index contributed by atoms with van der Waals surface area (Å²) in [6.07, 6.45) is -6.04. The second-order valence-electron chi connectivity index (χ2n) is 5.78. The van der Waals surface area contributed by atoms with E-state index in [0.717, 1.165) is 17.0 Å². The molecule has 0 spiro atoms. The summed E-state index contributed by atoms with van der Waals surface area (Å²) in [4.78, 5) is 35.7. The lowest BCUT2D eigenvalue weighted by Crippen LogP contribution is -2.51. The average Bonchev–Trinajstić information content (AvgIpc) is 2.56. The van der Waals surface area contributed by atoms with Gasteiger partial charge in [-0.3, -0.25) is 9.59 Å². The number of aliphatic carboxylic acids is 1. The van der Waals surface area contributed by atoms with E-state index in [4.69, 9.17) is 9.84 Å². The predicted octanol–water partition coefficient (Wildman–Crippen LogP) is 1.91. The molecular formula is C17H21F3N2O5. The maximum absolute atomic E-state index is 13.0. The quantitative estimate of drug-likeness (QED) is 0.707. The van der Waals surface area contributed by atoms with Crippen LogP contribution in [0.2, 0.25) is 0 Å². The van der Waals surface area contributed by atoms with Gasteiger partial charge in [0.25, 0.3) is 5.91 Å². The molecule has 1 aromatic carbocycles. The van der Waals surface area contributed by atoms with Crippen molar-refractivity contribution in [2.24, 2.45) is 0 Å². The van der Waals surface area contributed by atoms with Gasteiger partial charge in [-0.05, 0) is 26.0 Å². The fourth-order valence-electron chi connectivity index (χ4n) is 2.26. The van der Waals surface area contributed by atoms with Crippen LogP contribution in [-0.2, 0) is 20.6 Å². The number of carboxylic acids is 1.